The molecule has 6 heteroatoms. The van der Waals surface area contributed by atoms with Crippen LogP contribution in [0.4, 0.5) is 13.2 Å². The number of nitrogens with one attached hydrogen (secondary N) is 1. The summed E-state index contributed by atoms with van der Waals surface area (Å²) < 4.78 is 43.3. The molecule has 0 aromatic heterocycles. The van der Waals surface area contributed by atoms with E-state index < -0.39 is 13.0 Å². The molecule has 19 heavy (non-hydrogen) atoms. The van der Waals surface area contributed by atoms with E-state index in [0.717, 1.165) is 4.47 Å². The van der Waals surface area contributed by atoms with Crippen LogP contribution in [0.15, 0.2) is 22.7 Å². The molecule has 0 heterocycles. The van der Waals surface area contributed by atoms with Gasteiger partial charge in [-0.3, -0.25) is 0 Å². The van der Waals surface area contributed by atoms with Crippen molar-refractivity contribution in [1.82, 2.24) is 5.32 Å². The molecule has 0 aliphatic rings. The molecule has 0 radical (unpaired) electrons. The minimum Gasteiger partial charge on any atom is -0.375 e. The van der Waals surface area contributed by atoms with Crippen molar-refractivity contribution in [3.05, 3.63) is 34.1 Å². The smallest absolute Gasteiger partial charge is 0.261 e. The van der Waals surface area contributed by atoms with Gasteiger partial charge < -0.3 is 10.1 Å². The predicted octanol–water partition coefficient (Wildman–Crippen LogP) is 3.91. The Hall–Kier alpha value is -0.590. The zero-order valence-corrected chi connectivity index (χ0v) is 12.2. The van der Waals surface area contributed by atoms with Gasteiger partial charge in [0.2, 0.25) is 0 Å². The second kappa shape index (κ2) is 8.55. The lowest BCUT2D eigenvalue weighted by Gasteiger charge is -2.19. The second-order valence-electron chi connectivity index (χ2n) is 4.03. The fourth-order valence-corrected chi connectivity index (χ4v) is 2.15. The lowest BCUT2D eigenvalue weighted by Crippen LogP contribution is -2.23. The summed E-state index contributed by atoms with van der Waals surface area (Å²) in [4.78, 5) is 0. The van der Waals surface area contributed by atoms with Crippen molar-refractivity contribution in [2.45, 2.75) is 25.8 Å². The molecule has 0 amide bonds. The second-order valence-corrected chi connectivity index (χ2v) is 4.95. The minimum absolute atomic E-state index is 0.161. The quantitative estimate of drug-likeness (QED) is 0.725. The molecule has 108 valence electrons. The van der Waals surface area contributed by atoms with Crippen LogP contribution in [0.1, 0.15) is 24.9 Å². The van der Waals surface area contributed by atoms with Gasteiger partial charge in [0.15, 0.2) is 0 Å². The van der Waals surface area contributed by atoms with Gasteiger partial charge in [-0.15, -0.1) is 0 Å². The number of rotatable bonds is 8. The molecule has 1 unspecified atom stereocenters. The number of halogens is 4. The number of hydrogen-bond donors (Lipinski definition) is 1. The molecule has 0 saturated heterocycles. The standard InChI is InChI=1S/C13H17BrF3NO/c1-2-18-12(5-6-19-8-13(16)17)10-7-9(14)3-4-11(10)15/h3-4,7,12-13,18H,2,5-6,8H2,1H3. The van der Waals surface area contributed by atoms with Crippen molar-refractivity contribution in [2.75, 3.05) is 19.8 Å². The lowest BCUT2D eigenvalue weighted by molar-refractivity contribution is 0.0143. The Kier molecular flexibility index (Phi) is 7.41. The average molecular weight is 340 g/mol. The van der Waals surface area contributed by atoms with Gasteiger partial charge in [-0.25, -0.2) is 13.2 Å². The first-order valence-electron chi connectivity index (χ1n) is 6.08. The van der Waals surface area contributed by atoms with Crippen LogP contribution in [0.5, 0.6) is 0 Å². The fourth-order valence-electron chi connectivity index (χ4n) is 1.77. The van der Waals surface area contributed by atoms with Crippen LogP contribution in [0, 0.1) is 5.82 Å². The third-order valence-electron chi connectivity index (χ3n) is 2.58. The summed E-state index contributed by atoms with van der Waals surface area (Å²) in [5.74, 6) is -0.317. The highest BCUT2D eigenvalue weighted by Gasteiger charge is 2.15. The largest absolute Gasteiger partial charge is 0.375 e. The Labute approximate surface area is 119 Å². The van der Waals surface area contributed by atoms with E-state index >= 15 is 0 Å². The highest BCUT2D eigenvalue weighted by Crippen LogP contribution is 2.24. The van der Waals surface area contributed by atoms with Crippen molar-refractivity contribution < 1.29 is 17.9 Å². The van der Waals surface area contributed by atoms with Gasteiger partial charge in [0, 0.05) is 22.7 Å². The predicted molar refractivity (Wildman–Crippen MR) is 72.0 cm³/mol. The highest BCUT2D eigenvalue weighted by atomic mass is 79.9. The van der Waals surface area contributed by atoms with E-state index in [9.17, 15) is 13.2 Å². The number of alkyl halides is 2. The molecule has 0 saturated carbocycles. The van der Waals surface area contributed by atoms with Gasteiger partial charge >= 0.3 is 0 Å². The molecular formula is C13H17BrF3NO. The maximum atomic E-state index is 13.8. The summed E-state index contributed by atoms with van der Waals surface area (Å²) in [5.41, 5.74) is 0.511. The van der Waals surface area contributed by atoms with Crippen LogP contribution in [0.3, 0.4) is 0 Å². The molecule has 0 spiro atoms. The first kappa shape index (κ1) is 16.5. The summed E-state index contributed by atoms with van der Waals surface area (Å²) in [6.07, 6.45) is -2.03. The van der Waals surface area contributed by atoms with Crippen LogP contribution in [-0.2, 0) is 4.74 Å². The van der Waals surface area contributed by atoms with E-state index in [1.807, 2.05) is 6.92 Å². The number of ether oxygens (including phenoxy) is 1. The summed E-state index contributed by atoms with van der Waals surface area (Å²) in [6.45, 7) is 2.14. The van der Waals surface area contributed by atoms with E-state index in [-0.39, 0.29) is 18.5 Å². The minimum atomic E-state index is -2.47. The van der Waals surface area contributed by atoms with Crippen molar-refractivity contribution in [3.63, 3.8) is 0 Å². The average Bonchev–Trinajstić information content (AvgIpc) is 2.36. The first-order valence-corrected chi connectivity index (χ1v) is 6.88. The van der Waals surface area contributed by atoms with Gasteiger partial charge in [0.1, 0.15) is 12.4 Å². The van der Waals surface area contributed by atoms with Gasteiger partial charge in [0.25, 0.3) is 6.43 Å². The van der Waals surface area contributed by atoms with Crippen molar-refractivity contribution in [2.24, 2.45) is 0 Å². The first-order chi connectivity index (χ1) is 9.04. The number of hydrogen-bond acceptors (Lipinski definition) is 2. The van der Waals surface area contributed by atoms with E-state index in [4.69, 9.17) is 4.74 Å². The molecule has 1 N–H and O–H groups in total. The summed E-state index contributed by atoms with van der Waals surface area (Å²) in [7, 11) is 0. The Balaban J connectivity index is 2.63. The Morgan fingerprint density at radius 3 is 2.74 bits per heavy atom. The maximum Gasteiger partial charge on any atom is 0.261 e. The monoisotopic (exact) mass is 339 g/mol. The van der Waals surface area contributed by atoms with Crippen LogP contribution in [-0.4, -0.2) is 26.2 Å². The Morgan fingerprint density at radius 2 is 2.11 bits per heavy atom. The van der Waals surface area contributed by atoms with Gasteiger partial charge in [-0.1, -0.05) is 22.9 Å². The van der Waals surface area contributed by atoms with Gasteiger partial charge in [-0.2, -0.15) is 0 Å². The Morgan fingerprint density at radius 1 is 1.37 bits per heavy atom. The van der Waals surface area contributed by atoms with Crippen LogP contribution >= 0.6 is 15.9 Å². The van der Waals surface area contributed by atoms with Crippen LogP contribution in [0.25, 0.3) is 0 Å². The van der Waals surface area contributed by atoms with Crippen molar-refractivity contribution in [1.29, 1.82) is 0 Å². The van der Waals surface area contributed by atoms with Gasteiger partial charge in [0.05, 0.1) is 0 Å². The molecule has 0 aliphatic heterocycles. The molecule has 0 bridgehead atoms. The van der Waals surface area contributed by atoms with Crippen LogP contribution in [0.2, 0.25) is 0 Å². The topological polar surface area (TPSA) is 21.3 Å². The van der Waals surface area contributed by atoms with Crippen molar-refractivity contribution in [3.8, 4) is 0 Å². The zero-order valence-electron chi connectivity index (χ0n) is 10.6. The SMILES string of the molecule is CCNC(CCOCC(F)F)c1cc(Br)ccc1F. The lowest BCUT2D eigenvalue weighted by atomic mass is 10.0. The van der Waals surface area contributed by atoms with E-state index in [1.165, 1.54) is 6.07 Å². The summed E-state index contributed by atoms with van der Waals surface area (Å²) >= 11 is 3.29. The maximum absolute atomic E-state index is 13.8. The molecule has 0 fully saturated rings. The van der Waals surface area contributed by atoms with E-state index in [2.05, 4.69) is 21.2 Å². The summed E-state index contributed by atoms with van der Waals surface area (Å²) in [6, 6.07) is 4.44. The molecular weight excluding hydrogens is 323 g/mol. The third-order valence-corrected chi connectivity index (χ3v) is 3.07. The number of benzene rings is 1. The molecule has 2 nitrogen and oxygen atoms in total. The Bertz CT molecular complexity index is 390. The molecule has 1 atom stereocenters. The molecule has 1 aromatic carbocycles. The normalized spacial score (nSPS) is 12.9. The summed E-state index contributed by atoms with van der Waals surface area (Å²) in [5, 5.41) is 3.13. The highest BCUT2D eigenvalue weighted by molar-refractivity contribution is 9.10. The zero-order chi connectivity index (χ0) is 14.3. The van der Waals surface area contributed by atoms with Crippen LogP contribution < -0.4 is 5.32 Å². The molecule has 1 rings (SSSR count). The molecule has 1 aromatic rings. The van der Waals surface area contributed by atoms with E-state index in [1.54, 1.807) is 12.1 Å². The van der Waals surface area contributed by atoms with E-state index in [0.29, 0.717) is 18.5 Å². The fraction of sp³-hybridized carbons (Fsp3) is 0.538. The third kappa shape index (κ3) is 5.93. The molecule has 0 aliphatic carbocycles. The van der Waals surface area contributed by atoms with Crippen molar-refractivity contribution >= 4 is 15.9 Å². The van der Waals surface area contributed by atoms with Gasteiger partial charge in [-0.05, 0) is 31.2 Å².